The van der Waals surface area contributed by atoms with E-state index in [9.17, 15) is 4.79 Å². The van der Waals surface area contributed by atoms with E-state index in [1.165, 1.54) is 5.56 Å². The zero-order valence-electron chi connectivity index (χ0n) is 10.2. The first-order chi connectivity index (χ1) is 8.22. The number of ketones is 1. The van der Waals surface area contributed by atoms with Crippen molar-refractivity contribution in [1.82, 2.24) is 0 Å². The number of rotatable bonds is 4. The number of furan rings is 1. The maximum atomic E-state index is 12.1. The SMILES string of the molecule is CCCc1ccc(C(=O)c2occc2C)cc1. The van der Waals surface area contributed by atoms with Crippen molar-refractivity contribution < 1.29 is 9.21 Å². The zero-order chi connectivity index (χ0) is 12.3. The summed E-state index contributed by atoms with van der Waals surface area (Å²) in [6.45, 7) is 4.02. The van der Waals surface area contributed by atoms with Gasteiger partial charge in [0.25, 0.3) is 0 Å². The predicted molar refractivity (Wildman–Crippen MR) is 67.3 cm³/mol. The van der Waals surface area contributed by atoms with Crippen LogP contribution in [0.3, 0.4) is 0 Å². The number of carbonyl (C=O) groups is 1. The summed E-state index contributed by atoms with van der Waals surface area (Å²) in [5.41, 5.74) is 2.83. The Morgan fingerprint density at radius 3 is 2.41 bits per heavy atom. The Labute approximate surface area is 101 Å². The van der Waals surface area contributed by atoms with E-state index in [0.717, 1.165) is 18.4 Å². The summed E-state index contributed by atoms with van der Waals surface area (Å²) in [4.78, 5) is 12.1. The summed E-state index contributed by atoms with van der Waals surface area (Å²) in [7, 11) is 0. The van der Waals surface area contributed by atoms with Gasteiger partial charge in [0.15, 0.2) is 5.76 Å². The third kappa shape index (κ3) is 2.47. The van der Waals surface area contributed by atoms with Gasteiger partial charge in [-0.05, 0) is 30.5 Å². The standard InChI is InChI=1S/C15H16O2/c1-3-4-12-5-7-13(8-6-12)14(16)15-11(2)9-10-17-15/h5-10H,3-4H2,1-2H3. The second-order valence-electron chi connectivity index (χ2n) is 4.21. The van der Waals surface area contributed by atoms with Crippen LogP contribution in [0.25, 0.3) is 0 Å². The molecule has 17 heavy (non-hydrogen) atoms. The molecule has 0 aliphatic rings. The van der Waals surface area contributed by atoms with Crippen LogP contribution < -0.4 is 0 Å². The van der Waals surface area contributed by atoms with Gasteiger partial charge in [0.1, 0.15) is 0 Å². The van der Waals surface area contributed by atoms with Gasteiger partial charge >= 0.3 is 0 Å². The van der Waals surface area contributed by atoms with E-state index in [1.54, 1.807) is 12.3 Å². The van der Waals surface area contributed by atoms with Crippen molar-refractivity contribution in [2.45, 2.75) is 26.7 Å². The molecule has 2 heteroatoms. The molecule has 0 spiro atoms. The molecule has 0 bridgehead atoms. The van der Waals surface area contributed by atoms with Gasteiger partial charge in [-0.1, -0.05) is 37.6 Å². The van der Waals surface area contributed by atoms with Crippen LogP contribution in [0, 0.1) is 6.92 Å². The van der Waals surface area contributed by atoms with Crippen LogP contribution in [-0.2, 0) is 6.42 Å². The first-order valence-corrected chi connectivity index (χ1v) is 5.90. The van der Waals surface area contributed by atoms with Crippen molar-refractivity contribution in [2.75, 3.05) is 0 Å². The Balaban J connectivity index is 2.23. The maximum absolute atomic E-state index is 12.1. The molecule has 0 aliphatic carbocycles. The van der Waals surface area contributed by atoms with E-state index in [0.29, 0.717) is 11.3 Å². The van der Waals surface area contributed by atoms with Gasteiger partial charge in [-0.3, -0.25) is 4.79 Å². The fourth-order valence-corrected chi connectivity index (χ4v) is 1.85. The highest BCUT2D eigenvalue weighted by molar-refractivity contribution is 6.07. The molecule has 0 radical (unpaired) electrons. The number of benzene rings is 1. The van der Waals surface area contributed by atoms with E-state index in [4.69, 9.17) is 4.42 Å². The first kappa shape index (κ1) is 11.6. The highest BCUT2D eigenvalue weighted by atomic mass is 16.3. The molecule has 1 aromatic heterocycles. The number of carbonyl (C=O) groups excluding carboxylic acids is 1. The van der Waals surface area contributed by atoms with Crippen LogP contribution in [0.2, 0.25) is 0 Å². The Morgan fingerprint density at radius 1 is 1.18 bits per heavy atom. The van der Waals surface area contributed by atoms with Gasteiger partial charge in [-0.2, -0.15) is 0 Å². The monoisotopic (exact) mass is 228 g/mol. The molecule has 0 saturated carbocycles. The molecule has 0 N–H and O–H groups in total. The smallest absolute Gasteiger partial charge is 0.228 e. The van der Waals surface area contributed by atoms with Crippen molar-refractivity contribution >= 4 is 5.78 Å². The number of aryl methyl sites for hydroxylation is 2. The third-order valence-electron chi connectivity index (χ3n) is 2.82. The summed E-state index contributed by atoms with van der Waals surface area (Å²) in [5.74, 6) is 0.392. The molecular weight excluding hydrogens is 212 g/mol. The van der Waals surface area contributed by atoms with E-state index >= 15 is 0 Å². The van der Waals surface area contributed by atoms with Crippen LogP contribution in [-0.4, -0.2) is 5.78 Å². The van der Waals surface area contributed by atoms with Crippen molar-refractivity contribution in [2.24, 2.45) is 0 Å². The van der Waals surface area contributed by atoms with Crippen LogP contribution in [0.5, 0.6) is 0 Å². The molecule has 2 rings (SSSR count). The average Bonchev–Trinajstić information content (AvgIpc) is 2.76. The van der Waals surface area contributed by atoms with Crippen LogP contribution in [0.1, 0.15) is 40.6 Å². The molecule has 0 saturated heterocycles. The number of hydrogen-bond donors (Lipinski definition) is 0. The van der Waals surface area contributed by atoms with Crippen molar-refractivity contribution in [3.63, 3.8) is 0 Å². The van der Waals surface area contributed by atoms with Gasteiger partial charge in [0.2, 0.25) is 5.78 Å². The Kier molecular flexibility index (Phi) is 3.43. The first-order valence-electron chi connectivity index (χ1n) is 5.90. The van der Waals surface area contributed by atoms with E-state index < -0.39 is 0 Å². The predicted octanol–water partition coefficient (Wildman–Crippen LogP) is 3.77. The van der Waals surface area contributed by atoms with Crippen LogP contribution in [0.15, 0.2) is 41.0 Å². The van der Waals surface area contributed by atoms with Gasteiger partial charge in [0.05, 0.1) is 6.26 Å². The minimum atomic E-state index is -0.0458. The Bertz CT molecular complexity index is 506. The van der Waals surface area contributed by atoms with E-state index in [1.807, 2.05) is 31.2 Å². The van der Waals surface area contributed by atoms with E-state index in [-0.39, 0.29) is 5.78 Å². The molecular formula is C15H16O2. The fraction of sp³-hybridized carbons (Fsp3) is 0.267. The van der Waals surface area contributed by atoms with Gasteiger partial charge in [-0.25, -0.2) is 0 Å². The van der Waals surface area contributed by atoms with Gasteiger partial charge < -0.3 is 4.42 Å². The highest BCUT2D eigenvalue weighted by Gasteiger charge is 2.14. The molecule has 0 unspecified atom stereocenters. The third-order valence-corrected chi connectivity index (χ3v) is 2.82. The average molecular weight is 228 g/mol. The normalized spacial score (nSPS) is 10.5. The van der Waals surface area contributed by atoms with Crippen LogP contribution >= 0.6 is 0 Å². The topological polar surface area (TPSA) is 30.2 Å². The lowest BCUT2D eigenvalue weighted by Crippen LogP contribution is -2.01. The lowest BCUT2D eigenvalue weighted by molar-refractivity contribution is 0.101. The number of hydrogen-bond acceptors (Lipinski definition) is 2. The summed E-state index contributed by atoms with van der Waals surface area (Å²) in [6.07, 6.45) is 3.72. The fourth-order valence-electron chi connectivity index (χ4n) is 1.85. The Morgan fingerprint density at radius 2 is 1.88 bits per heavy atom. The van der Waals surface area contributed by atoms with Gasteiger partial charge in [-0.15, -0.1) is 0 Å². The largest absolute Gasteiger partial charge is 0.461 e. The minimum absolute atomic E-state index is 0.0458. The summed E-state index contributed by atoms with van der Waals surface area (Å²) >= 11 is 0. The van der Waals surface area contributed by atoms with Crippen molar-refractivity contribution in [3.05, 3.63) is 59.0 Å². The van der Waals surface area contributed by atoms with Gasteiger partial charge in [0, 0.05) is 5.56 Å². The molecule has 0 amide bonds. The van der Waals surface area contributed by atoms with Crippen LogP contribution in [0.4, 0.5) is 0 Å². The molecule has 0 aliphatic heterocycles. The lowest BCUT2D eigenvalue weighted by Gasteiger charge is -2.02. The highest BCUT2D eigenvalue weighted by Crippen LogP contribution is 2.16. The second kappa shape index (κ2) is 5.00. The quantitative estimate of drug-likeness (QED) is 0.745. The molecule has 0 atom stereocenters. The molecule has 2 aromatic rings. The minimum Gasteiger partial charge on any atom is -0.461 e. The molecule has 1 heterocycles. The Hall–Kier alpha value is -1.83. The molecule has 0 fully saturated rings. The lowest BCUT2D eigenvalue weighted by atomic mass is 10.0. The second-order valence-corrected chi connectivity index (χ2v) is 4.21. The summed E-state index contributed by atoms with van der Waals surface area (Å²) in [5, 5.41) is 0. The maximum Gasteiger partial charge on any atom is 0.228 e. The summed E-state index contributed by atoms with van der Waals surface area (Å²) in [6, 6.07) is 9.56. The van der Waals surface area contributed by atoms with Crippen molar-refractivity contribution in [3.8, 4) is 0 Å². The zero-order valence-corrected chi connectivity index (χ0v) is 10.2. The van der Waals surface area contributed by atoms with Crippen molar-refractivity contribution in [1.29, 1.82) is 0 Å². The molecule has 1 aromatic carbocycles. The molecule has 88 valence electrons. The summed E-state index contributed by atoms with van der Waals surface area (Å²) < 4.78 is 5.21. The van der Waals surface area contributed by atoms with E-state index in [2.05, 4.69) is 6.92 Å². The molecule has 2 nitrogen and oxygen atoms in total.